The summed E-state index contributed by atoms with van der Waals surface area (Å²) in [5.74, 6) is -1.24. The van der Waals surface area contributed by atoms with Gasteiger partial charge in [0.05, 0.1) is 6.04 Å². The third-order valence-corrected chi connectivity index (χ3v) is 5.61. The van der Waals surface area contributed by atoms with Crippen LogP contribution < -0.4 is 10.6 Å². The van der Waals surface area contributed by atoms with Crippen molar-refractivity contribution < 1.29 is 32.3 Å². The van der Waals surface area contributed by atoms with Gasteiger partial charge in [-0.2, -0.15) is 13.2 Å². The Bertz CT molecular complexity index is 968. The van der Waals surface area contributed by atoms with E-state index in [9.17, 15) is 27.6 Å². The fourth-order valence-electron chi connectivity index (χ4n) is 2.79. The molecule has 0 aromatic carbocycles. The average molecular weight is 504 g/mol. The van der Waals surface area contributed by atoms with Gasteiger partial charge < -0.3 is 10.1 Å². The standard InChI is InChI=1S/C21H28F3N5O4S/c1-11(2)12(3)13(7-8-15(30)26-18-28-27-17(34-18)21(22,23)24)25-16(31)14-9-10-29(14)19(32)33-20(4,5)6/h7-8,11,13-14H,3,9-10H2,1-2,4-6H3,(H,25,31)(H,26,28,30)/b8-7+/t13-,14+/m1/s1. The third-order valence-electron chi connectivity index (χ3n) is 4.73. The van der Waals surface area contributed by atoms with E-state index in [4.69, 9.17) is 4.74 Å². The first-order valence-corrected chi connectivity index (χ1v) is 11.3. The number of hydrogen-bond acceptors (Lipinski definition) is 7. The molecule has 1 fully saturated rings. The number of rotatable bonds is 7. The summed E-state index contributed by atoms with van der Waals surface area (Å²) in [7, 11) is 0. The van der Waals surface area contributed by atoms with Crippen LogP contribution in [0.5, 0.6) is 0 Å². The van der Waals surface area contributed by atoms with Crippen LogP contribution in [0.25, 0.3) is 0 Å². The number of carbonyl (C=O) groups excluding carboxylic acids is 3. The maximum Gasteiger partial charge on any atom is 0.445 e. The molecule has 1 aliphatic rings. The van der Waals surface area contributed by atoms with Crippen LogP contribution in [0.3, 0.4) is 0 Å². The van der Waals surface area contributed by atoms with Crippen LogP contribution >= 0.6 is 11.3 Å². The maximum absolute atomic E-state index is 12.8. The van der Waals surface area contributed by atoms with Crippen molar-refractivity contribution in [2.75, 3.05) is 11.9 Å². The zero-order chi connectivity index (χ0) is 25.8. The molecule has 9 nitrogen and oxygen atoms in total. The van der Waals surface area contributed by atoms with E-state index in [-0.39, 0.29) is 22.4 Å². The van der Waals surface area contributed by atoms with Crippen LogP contribution in [-0.2, 0) is 20.5 Å². The highest BCUT2D eigenvalue weighted by molar-refractivity contribution is 7.15. The molecule has 2 atom stereocenters. The number of hydrogen-bond donors (Lipinski definition) is 2. The van der Waals surface area contributed by atoms with Gasteiger partial charge in [0.25, 0.3) is 0 Å². The number of aromatic nitrogens is 2. The van der Waals surface area contributed by atoms with Crippen molar-refractivity contribution >= 4 is 34.4 Å². The summed E-state index contributed by atoms with van der Waals surface area (Å²) in [6.45, 7) is 13.2. The Kier molecular flexibility index (Phi) is 8.45. The third kappa shape index (κ3) is 7.54. The second kappa shape index (κ2) is 10.5. The summed E-state index contributed by atoms with van der Waals surface area (Å²) < 4.78 is 43.2. The van der Waals surface area contributed by atoms with Gasteiger partial charge in [0, 0.05) is 12.6 Å². The molecule has 0 aliphatic carbocycles. The van der Waals surface area contributed by atoms with E-state index >= 15 is 0 Å². The number of ether oxygens (including phenoxy) is 1. The molecule has 0 unspecified atom stereocenters. The Morgan fingerprint density at radius 1 is 1.24 bits per heavy atom. The molecule has 3 amide bonds. The molecule has 1 saturated heterocycles. The zero-order valence-electron chi connectivity index (χ0n) is 19.5. The van der Waals surface area contributed by atoms with Crippen molar-refractivity contribution in [3.05, 3.63) is 29.3 Å². The number of alkyl halides is 3. The lowest BCUT2D eigenvalue weighted by Crippen LogP contribution is -2.60. The van der Waals surface area contributed by atoms with E-state index in [1.807, 2.05) is 13.8 Å². The molecule has 0 radical (unpaired) electrons. The molecular weight excluding hydrogens is 475 g/mol. The summed E-state index contributed by atoms with van der Waals surface area (Å²) in [4.78, 5) is 38.6. The molecule has 2 rings (SSSR count). The second-order valence-corrected chi connectivity index (χ2v) is 9.93. The van der Waals surface area contributed by atoms with E-state index in [0.29, 0.717) is 18.5 Å². The number of halogens is 3. The molecule has 0 spiro atoms. The van der Waals surface area contributed by atoms with Crippen LogP contribution in [0.4, 0.5) is 23.1 Å². The molecule has 34 heavy (non-hydrogen) atoms. The lowest BCUT2D eigenvalue weighted by molar-refractivity contribution is -0.138. The predicted octanol–water partition coefficient (Wildman–Crippen LogP) is 3.76. The minimum Gasteiger partial charge on any atom is -0.444 e. The summed E-state index contributed by atoms with van der Waals surface area (Å²) in [6.07, 6.45) is -2.36. The van der Waals surface area contributed by atoms with Gasteiger partial charge in [-0.05, 0) is 38.7 Å². The van der Waals surface area contributed by atoms with Crippen molar-refractivity contribution in [3.8, 4) is 0 Å². The van der Waals surface area contributed by atoms with Gasteiger partial charge in [0.15, 0.2) is 0 Å². The molecule has 188 valence electrons. The smallest absolute Gasteiger partial charge is 0.444 e. The van der Waals surface area contributed by atoms with E-state index in [2.05, 4.69) is 27.4 Å². The average Bonchev–Trinajstić information content (AvgIpc) is 3.10. The van der Waals surface area contributed by atoms with Gasteiger partial charge in [-0.3, -0.25) is 19.8 Å². The Morgan fingerprint density at radius 3 is 2.35 bits per heavy atom. The van der Waals surface area contributed by atoms with Crippen molar-refractivity contribution in [1.82, 2.24) is 20.4 Å². The Balaban J connectivity index is 2.05. The lowest BCUT2D eigenvalue weighted by atomic mass is 9.95. The first-order chi connectivity index (χ1) is 15.6. The SMILES string of the molecule is C=C(C(C)C)[C@@H](/C=C/C(=O)Nc1nnc(C(F)(F)F)s1)NC(=O)[C@@H]1CCN1C(=O)OC(C)(C)C. The summed E-state index contributed by atoms with van der Waals surface area (Å²) in [6, 6.07) is -1.47. The van der Waals surface area contributed by atoms with E-state index < -0.39 is 46.8 Å². The predicted molar refractivity (Wildman–Crippen MR) is 120 cm³/mol. The molecule has 2 heterocycles. The quantitative estimate of drug-likeness (QED) is 0.433. The van der Waals surface area contributed by atoms with Gasteiger partial charge in [0.2, 0.25) is 22.0 Å². The highest BCUT2D eigenvalue weighted by atomic mass is 32.1. The van der Waals surface area contributed by atoms with Crippen molar-refractivity contribution in [2.45, 2.75) is 64.9 Å². The first-order valence-electron chi connectivity index (χ1n) is 10.5. The molecule has 0 saturated carbocycles. The first kappa shape index (κ1) is 27.3. The summed E-state index contributed by atoms with van der Waals surface area (Å²) in [5.41, 5.74) is -0.109. The largest absolute Gasteiger partial charge is 0.445 e. The molecule has 2 N–H and O–H groups in total. The van der Waals surface area contributed by atoms with Crippen molar-refractivity contribution in [3.63, 3.8) is 0 Å². The minimum absolute atomic E-state index is 0.0566. The van der Waals surface area contributed by atoms with Gasteiger partial charge in [0.1, 0.15) is 11.6 Å². The van der Waals surface area contributed by atoms with Gasteiger partial charge in [-0.1, -0.05) is 37.8 Å². The highest BCUT2D eigenvalue weighted by Crippen LogP contribution is 2.33. The molecule has 1 aliphatic heterocycles. The second-order valence-electron chi connectivity index (χ2n) is 8.95. The Labute approximate surface area is 199 Å². The normalized spacial score (nSPS) is 17.3. The number of anilines is 1. The number of nitrogens with one attached hydrogen (secondary N) is 2. The van der Waals surface area contributed by atoms with Crippen molar-refractivity contribution in [2.24, 2.45) is 5.92 Å². The van der Waals surface area contributed by atoms with Crippen molar-refractivity contribution in [1.29, 1.82) is 0 Å². The van der Waals surface area contributed by atoms with E-state index in [0.717, 1.165) is 6.08 Å². The minimum atomic E-state index is -4.66. The highest BCUT2D eigenvalue weighted by Gasteiger charge is 2.40. The number of amides is 3. The number of likely N-dealkylation sites (tertiary alicyclic amines) is 1. The zero-order valence-corrected chi connectivity index (χ0v) is 20.3. The van der Waals surface area contributed by atoms with E-state index in [1.165, 1.54) is 11.0 Å². The van der Waals surface area contributed by atoms with Crippen LogP contribution in [-0.4, -0.2) is 57.2 Å². The van der Waals surface area contributed by atoms with Crippen LogP contribution in [0.15, 0.2) is 24.3 Å². The number of carbonyl (C=O) groups is 3. The van der Waals surface area contributed by atoms with Gasteiger partial charge >= 0.3 is 12.3 Å². The summed E-state index contributed by atoms with van der Waals surface area (Å²) in [5, 5.41) is 9.77. The molecule has 1 aromatic rings. The molecule has 0 bridgehead atoms. The maximum atomic E-state index is 12.8. The fourth-order valence-corrected chi connectivity index (χ4v) is 3.40. The van der Waals surface area contributed by atoms with Gasteiger partial charge in [-0.15, -0.1) is 10.2 Å². The van der Waals surface area contributed by atoms with Crippen LogP contribution in [0, 0.1) is 5.92 Å². The Morgan fingerprint density at radius 2 is 1.88 bits per heavy atom. The monoisotopic (exact) mass is 503 g/mol. The van der Waals surface area contributed by atoms with E-state index in [1.54, 1.807) is 20.8 Å². The van der Waals surface area contributed by atoms with Crippen LogP contribution in [0.1, 0.15) is 46.0 Å². The topological polar surface area (TPSA) is 114 Å². The molecule has 1 aromatic heterocycles. The molecular formula is C21H28F3N5O4S. The van der Waals surface area contributed by atoms with Gasteiger partial charge in [-0.25, -0.2) is 4.79 Å². The lowest BCUT2D eigenvalue weighted by Gasteiger charge is -2.40. The molecule has 13 heteroatoms. The summed E-state index contributed by atoms with van der Waals surface area (Å²) >= 11 is 0.196. The Hall–Kier alpha value is -2.96. The van der Waals surface area contributed by atoms with Crippen LogP contribution in [0.2, 0.25) is 0 Å². The number of nitrogens with zero attached hydrogens (tertiary/aromatic N) is 3. The fraction of sp³-hybridized carbons (Fsp3) is 0.571.